The van der Waals surface area contributed by atoms with E-state index in [0.29, 0.717) is 32.1 Å². The molecule has 11 heteroatoms. The maximum atomic E-state index is 13.9. The number of carbonyl (C=O) groups is 1. The van der Waals surface area contributed by atoms with Crippen molar-refractivity contribution in [2.75, 3.05) is 11.1 Å². The molecule has 4 aromatic rings. The second-order valence-corrected chi connectivity index (χ2v) is 12.0. The lowest BCUT2D eigenvalue weighted by atomic mass is 10.1. The third kappa shape index (κ3) is 5.99. The summed E-state index contributed by atoms with van der Waals surface area (Å²) in [4.78, 5) is 13.4. The zero-order valence-corrected chi connectivity index (χ0v) is 24.3. The van der Waals surface area contributed by atoms with Gasteiger partial charge in [-0.25, -0.2) is 13.8 Å². The number of rotatable bonds is 8. The number of carbonyl (C=O) groups excluding carboxylic acids is 1. The minimum absolute atomic E-state index is 0.0227. The molecule has 0 spiro atoms. The first-order valence-electron chi connectivity index (χ1n) is 12.1. The summed E-state index contributed by atoms with van der Waals surface area (Å²) in [5.41, 5.74) is 5.12. The fourth-order valence-electron chi connectivity index (χ4n) is 4.03. The van der Waals surface area contributed by atoms with Crippen LogP contribution in [0.4, 0.5) is 5.69 Å². The molecular formula is C29H23BrClN3O5S. The molecule has 0 aromatic heterocycles. The molecule has 5 rings (SSSR count). The maximum Gasteiger partial charge on any atom is 0.273 e. The highest BCUT2D eigenvalue weighted by atomic mass is 79.9. The Balaban J connectivity index is 1.47. The van der Waals surface area contributed by atoms with E-state index in [-0.39, 0.29) is 29.5 Å². The number of sulfonamides is 1. The van der Waals surface area contributed by atoms with E-state index in [1.54, 1.807) is 84.9 Å². The maximum absolute atomic E-state index is 13.9. The number of hydrazone groups is 1. The molecule has 40 heavy (non-hydrogen) atoms. The van der Waals surface area contributed by atoms with Crippen LogP contribution in [-0.2, 0) is 16.6 Å². The van der Waals surface area contributed by atoms with E-state index in [4.69, 9.17) is 21.1 Å². The van der Waals surface area contributed by atoms with Gasteiger partial charge in [-0.1, -0.05) is 53.6 Å². The van der Waals surface area contributed by atoms with E-state index < -0.39 is 15.9 Å². The number of aryl methyl sites for hydroxylation is 1. The van der Waals surface area contributed by atoms with Crippen LogP contribution < -0.4 is 19.2 Å². The molecule has 0 aliphatic carbocycles. The summed E-state index contributed by atoms with van der Waals surface area (Å²) < 4.78 is 40.5. The molecule has 0 atom stereocenters. The molecule has 1 N–H and O–H groups in total. The average molecular weight is 641 g/mol. The second-order valence-electron chi connectivity index (χ2n) is 8.89. The van der Waals surface area contributed by atoms with Crippen LogP contribution in [0.1, 0.15) is 27.0 Å². The lowest BCUT2D eigenvalue weighted by Crippen LogP contribution is -2.33. The van der Waals surface area contributed by atoms with Crippen LogP contribution in [0.25, 0.3) is 0 Å². The molecule has 0 saturated carbocycles. The van der Waals surface area contributed by atoms with E-state index in [9.17, 15) is 13.2 Å². The number of ether oxygens (including phenoxy) is 2. The molecule has 0 unspecified atom stereocenters. The van der Waals surface area contributed by atoms with Crippen molar-refractivity contribution < 1.29 is 22.7 Å². The number of fused-ring (bicyclic) bond motifs is 1. The molecule has 1 heterocycles. The SMILES string of the molecule is Cc1ccc(S(=O)(=O)N(Cc2ccc(Cl)cc2)c2ccccc2C(=O)N/N=C/c2cc3c(cc2Br)OCO3)cc1. The highest BCUT2D eigenvalue weighted by Gasteiger charge is 2.28. The van der Waals surface area contributed by atoms with Crippen LogP contribution >= 0.6 is 27.5 Å². The molecule has 0 saturated heterocycles. The van der Waals surface area contributed by atoms with Gasteiger partial charge < -0.3 is 9.47 Å². The van der Waals surface area contributed by atoms with Crippen molar-refractivity contribution in [1.82, 2.24) is 5.43 Å². The predicted octanol–water partition coefficient (Wildman–Crippen LogP) is 6.30. The minimum Gasteiger partial charge on any atom is -0.454 e. The van der Waals surface area contributed by atoms with Crippen molar-refractivity contribution in [2.45, 2.75) is 18.4 Å². The minimum atomic E-state index is -4.06. The Hall–Kier alpha value is -3.86. The molecule has 1 aliphatic rings. The van der Waals surface area contributed by atoms with Gasteiger partial charge >= 0.3 is 0 Å². The van der Waals surface area contributed by atoms with Gasteiger partial charge in [0, 0.05) is 15.1 Å². The Bertz CT molecular complexity index is 1690. The number of nitrogens with zero attached hydrogens (tertiary/aromatic N) is 2. The van der Waals surface area contributed by atoms with Crippen molar-refractivity contribution in [3.63, 3.8) is 0 Å². The van der Waals surface area contributed by atoms with Gasteiger partial charge in [-0.3, -0.25) is 9.10 Å². The zero-order valence-electron chi connectivity index (χ0n) is 21.2. The fourth-order valence-corrected chi connectivity index (χ4v) is 6.05. The monoisotopic (exact) mass is 639 g/mol. The summed E-state index contributed by atoms with van der Waals surface area (Å²) in [6, 6.07) is 23.4. The Labute approximate surface area is 245 Å². The van der Waals surface area contributed by atoms with Crippen molar-refractivity contribution in [1.29, 1.82) is 0 Å². The lowest BCUT2D eigenvalue weighted by molar-refractivity contribution is 0.0955. The fraction of sp³-hybridized carbons (Fsp3) is 0.103. The smallest absolute Gasteiger partial charge is 0.273 e. The quantitative estimate of drug-likeness (QED) is 0.180. The molecule has 0 fully saturated rings. The third-order valence-corrected chi connectivity index (χ3v) is 8.84. The van der Waals surface area contributed by atoms with Crippen LogP contribution in [0.15, 0.2) is 99.4 Å². The summed E-state index contributed by atoms with van der Waals surface area (Å²) in [6.45, 7) is 1.99. The van der Waals surface area contributed by atoms with Gasteiger partial charge in [0.15, 0.2) is 11.5 Å². The van der Waals surface area contributed by atoms with Crippen molar-refractivity contribution >= 4 is 55.4 Å². The normalized spacial score (nSPS) is 12.5. The molecule has 1 amide bonds. The van der Waals surface area contributed by atoms with Crippen molar-refractivity contribution in [3.8, 4) is 11.5 Å². The summed E-state index contributed by atoms with van der Waals surface area (Å²) >= 11 is 9.50. The van der Waals surface area contributed by atoms with E-state index in [2.05, 4.69) is 26.5 Å². The number of hydrogen-bond donors (Lipinski definition) is 1. The Morgan fingerprint density at radius 3 is 2.42 bits per heavy atom. The number of anilines is 1. The van der Waals surface area contributed by atoms with Gasteiger partial charge in [-0.05, 0) is 76.9 Å². The summed E-state index contributed by atoms with van der Waals surface area (Å²) in [7, 11) is -4.06. The first kappa shape index (κ1) is 27.7. The van der Waals surface area contributed by atoms with Gasteiger partial charge in [-0.2, -0.15) is 5.10 Å². The van der Waals surface area contributed by atoms with Gasteiger partial charge in [0.05, 0.1) is 28.9 Å². The van der Waals surface area contributed by atoms with Crippen LogP contribution in [0.2, 0.25) is 5.02 Å². The number of amides is 1. The summed E-state index contributed by atoms with van der Waals surface area (Å²) in [5, 5.41) is 4.63. The average Bonchev–Trinajstić information content (AvgIpc) is 3.40. The van der Waals surface area contributed by atoms with E-state index >= 15 is 0 Å². The molecule has 1 aliphatic heterocycles. The van der Waals surface area contributed by atoms with Gasteiger partial charge in [0.1, 0.15) is 0 Å². The number of para-hydroxylation sites is 1. The highest BCUT2D eigenvalue weighted by molar-refractivity contribution is 9.10. The number of hydrogen-bond acceptors (Lipinski definition) is 6. The van der Waals surface area contributed by atoms with Crippen LogP contribution in [0.5, 0.6) is 11.5 Å². The molecular weight excluding hydrogens is 618 g/mol. The predicted molar refractivity (Wildman–Crippen MR) is 158 cm³/mol. The molecule has 4 aromatic carbocycles. The molecule has 8 nitrogen and oxygen atoms in total. The van der Waals surface area contributed by atoms with Gasteiger partial charge in [0.2, 0.25) is 6.79 Å². The van der Waals surface area contributed by atoms with Crippen molar-refractivity contribution in [3.05, 3.63) is 117 Å². The Morgan fingerprint density at radius 1 is 1.02 bits per heavy atom. The Morgan fingerprint density at radius 2 is 1.70 bits per heavy atom. The molecule has 204 valence electrons. The largest absolute Gasteiger partial charge is 0.454 e. The lowest BCUT2D eigenvalue weighted by Gasteiger charge is -2.26. The first-order chi connectivity index (χ1) is 19.2. The molecule has 0 radical (unpaired) electrons. The first-order valence-corrected chi connectivity index (χ1v) is 14.7. The zero-order chi connectivity index (χ0) is 28.3. The second kappa shape index (κ2) is 11.7. The summed E-state index contributed by atoms with van der Waals surface area (Å²) in [6.07, 6.45) is 1.46. The molecule has 0 bridgehead atoms. The van der Waals surface area contributed by atoms with Crippen LogP contribution in [0, 0.1) is 6.92 Å². The standard InChI is InChI=1S/C29H23BrClN3O5S/c1-19-6-12-23(13-7-19)40(36,37)34(17-20-8-10-22(31)11-9-20)26-5-3-2-4-24(26)29(35)33-32-16-21-14-27-28(15-25(21)30)39-18-38-27/h2-16H,17-18H2,1H3,(H,33,35)/b32-16+. The number of nitrogens with one attached hydrogen (secondary N) is 1. The Kier molecular flexibility index (Phi) is 8.11. The number of halogens is 2. The van der Waals surface area contributed by atoms with E-state index in [1.807, 2.05) is 6.92 Å². The van der Waals surface area contributed by atoms with Gasteiger partial charge in [0.25, 0.3) is 15.9 Å². The highest BCUT2D eigenvalue weighted by Crippen LogP contribution is 2.36. The van der Waals surface area contributed by atoms with Crippen LogP contribution in [0.3, 0.4) is 0 Å². The number of benzene rings is 4. The van der Waals surface area contributed by atoms with Crippen LogP contribution in [-0.4, -0.2) is 27.3 Å². The van der Waals surface area contributed by atoms with E-state index in [0.717, 1.165) is 5.56 Å². The van der Waals surface area contributed by atoms with E-state index in [1.165, 1.54) is 10.5 Å². The van der Waals surface area contributed by atoms with Crippen molar-refractivity contribution in [2.24, 2.45) is 5.10 Å². The topological polar surface area (TPSA) is 97.3 Å². The van der Waals surface area contributed by atoms with Gasteiger partial charge in [-0.15, -0.1) is 0 Å². The summed E-state index contributed by atoms with van der Waals surface area (Å²) in [5.74, 6) is 0.599. The third-order valence-electron chi connectivity index (χ3n) is 6.13.